The minimum atomic E-state index is -0.181. The molecule has 1 unspecified atom stereocenters. The molecule has 0 aromatic carbocycles. The summed E-state index contributed by atoms with van der Waals surface area (Å²) in [5.41, 5.74) is 1.08. The average Bonchev–Trinajstić information content (AvgIpc) is 3.50. The van der Waals surface area contributed by atoms with Crippen LogP contribution >= 0.6 is 0 Å². The van der Waals surface area contributed by atoms with Crippen LogP contribution < -0.4 is 5.32 Å². The molecule has 1 aliphatic carbocycles. The molecule has 164 valence electrons. The van der Waals surface area contributed by atoms with Gasteiger partial charge in [0.15, 0.2) is 5.76 Å². The normalized spacial score (nSPS) is 15.3. The van der Waals surface area contributed by atoms with Crippen LogP contribution in [-0.2, 0) is 17.9 Å². The Morgan fingerprint density at radius 3 is 2.70 bits per heavy atom. The van der Waals surface area contributed by atoms with Crippen LogP contribution in [0, 0.1) is 5.92 Å². The molecule has 30 heavy (non-hydrogen) atoms. The van der Waals surface area contributed by atoms with E-state index in [0.29, 0.717) is 24.8 Å². The van der Waals surface area contributed by atoms with Crippen LogP contribution in [0.3, 0.4) is 0 Å². The fourth-order valence-electron chi connectivity index (χ4n) is 4.06. The number of aromatic nitrogens is 1. The highest BCUT2D eigenvalue weighted by Crippen LogP contribution is 2.27. The van der Waals surface area contributed by atoms with E-state index in [1.54, 1.807) is 6.07 Å². The second-order valence-corrected chi connectivity index (χ2v) is 8.42. The second-order valence-electron chi connectivity index (χ2n) is 8.42. The Labute approximate surface area is 179 Å². The highest BCUT2D eigenvalue weighted by atomic mass is 16.4. The van der Waals surface area contributed by atoms with E-state index >= 15 is 0 Å². The zero-order valence-corrected chi connectivity index (χ0v) is 18.5. The number of amides is 2. The van der Waals surface area contributed by atoms with Gasteiger partial charge in [0.1, 0.15) is 5.76 Å². The molecule has 1 aliphatic rings. The number of nitrogens with zero attached hydrogens (tertiary/aromatic N) is 2. The van der Waals surface area contributed by atoms with E-state index in [1.807, 2.05) is 37.1 Å². The zero-order chi connectivity index (χ0) is 21.5. The van der Waals surface area contributed by atoms with Gasteiger partial charge in [0.05, 0.1) is 13.1 Å². The standard InChI is InChI=1S/C24H35N3O3/c1-4-14-27(24(29)19-9-6-7-10-19)16-20-11-8-15-26(20)17-21-12-13-22(30-21)23(28)25-18(3)5-2/h8,11-13,15,18-19H,4-7,9-10,14,16-17H2,1-3H3,(H,25,28). The molecule has 1 N–H and O–H groups in total. The monoisotopic (exact) mass is 413 g/mol. The van der Waals surface area contributed by atoms with E-state index in [1.165, 1.54) is 0 Å². The van der Waals surface area contributed by atoms with Gasteiger partial charge in [-0.3, -0.25) is 9.59 Å². The van der Waals surface area contributed by atoms with Gasteiger partial charge in [0.25, 0.3) is 5.91 Å². The van der Waals surface area contributed by atoms with Crippen LogP contribution in [-0.4, -0.2) is 33.9 Å². The molecule has 0 saturated heterocycles. The average molecular weight is 414 g/mol. The van der Waals surface area contributed by atoms with Gasteiger partial charge in [-0.05, 0) is 56.9 Å². The second kappa shape index (κ2) is 10.5. The number of rotatable bonds is 10. The SMILES string of the molecule is CCCN(Cc1cccn1Cc1ccc(C(=O)NC(C)CC)o1)C(=O)C1CCCC1. The molecule has 2 aromatic rings. The predicted molar refractivity (Wildman–Crippen MR) is 117 cm³/mol. The summed E-state index contributed by atoms with van der Waals surface area (Å²) in [6, 6.07) is 7.75. The third kappa shape index (κ3) is 5.55. The van der Waals surface area contributed by atoms with Crippen molar-refractivity contribution in [2.45, 2.75) is 78.4 Å². The Hall–Kier alpha value is -2.50. The van der Waals surface area contributed by atoms with E-state index < -0.39 is 0 Å². The lowest BCUT2D eigenvalue weighted by Gasteiger charge is -2.26. The van der Waals surface area contributed by atoms with Crippen LogP contribution in [0.5, 0.6) is 0 Å². The van der Waals surface area contributed by atoms with Crippen LogP contribution in [0.2, 0.25) is 0 Å². The van der Waals surface area contributed by atoms with Crippen molar-refractivity contribution < 1.29 is 14.0 Å². The van der Waals surface area contributed by atoms with Crippen LogP contribution in [0.25, 0.3) is 0 Å². The van der Waals surface area contributed by atoms with E-state index in [2.05, 4.69) is 22.9 Å². The maximum absolute atomic E-state index is 13.0. The zero-order valence-electron chi connectivity index (χ0n) is 18.5. The van der Waals surface area contributed by atoms with Gasteiger partial charge in [-0.25, -0.2) is 0 Å². The molecule has 2 heterocycles. The number of carbonyl (C=O) groups excluding carboxylic acids is 2. The Bertz CT molecular complexity index is 832. The number of hydrogen-bond donors (Lipinski definition) is 1. The maximum Gasteiger partial charge on any atom is 0.287 e. The fraction of sp³-hybridized carbons (Fsp3) is 0.583. The van der Waals surface area contributed by atoms with E-state index in [4.69, 9.17) is 4.42 Å². The Kier molecular flexibility index (Phi) is 7.77. The quantitative estimate of drug-likeness (QED) is 0.620. The van der Waals surface area contributed by atoms with E-state index in [0.717, 1.165) is 56.5 Å². The summed E-state index contributed by atoms with van der Waals surface area (Å²) in [5.74, 6) is 1.37. The molecule has 6 nitrogen and oxygen atoms in total. The largest absolute Gasteiger partial charge is 0.454 e. The summed E-state index contributed by atoms with van der Waals surface area (Å²) in [6.07, 6.45) is 8.20. The molecule has 0 bridgehead atoms. The lowest BCUT2D eigenvalue weighted by atomic mass is 10.1. The van der Waals surface area contributed by atoms with Crippen molar-refractivity contribution in [3.8, 4) is 0 Å². The molecule has 2 aromatic heterocycles. The van der Waals surface area contributed by atoms with Gasteiger partial charge >= 0.3 is 0 Å². The maximum atomic E-state index is 13.0. The molecule has 0 spiro atoms. The van der Waals surface area contributed by atoms with E-state index in [-0.39, 0.29) is 17.9 Å². The number of furan rings is 1. The minimum Gasteiger partial charge on any atom is -0.454 e. The van der Waals surface area contributed by atoms with Crippen LogP contribution in [0.15, 0.2) is 34.9 Å². The first-order valence-electron chi connectivity index (χ1n) is 11.3. The van der Waals surface area contributed by atoms with Crippen LogP contribution in [0.1, 0.15) is 81.3 Å². The summed E-state index contributed by atoms with van der Waals surface area (Å²) in [6.45, 7) is 8.05. The molecular formula is C24H35N3O3. The van der Waals surface area contributed by atoms with Crippen molar-refractivity contribution in [1.82, 2.24) is 14.8 Å². The van der Waals surface area contributed by atoms with Crippen molar-refractivity contribution in [3.63, 3.8) is 0 Å². The first-order valence-corrected chi connectivity index (χ1v) is 11.3. The summed E-state index contributed by atoms with van der Waals surface area (Å²) in [7, 11) is 0. The summed E-state index contributed by atoms with van der Waals surface area (Å²) in [5, 5.41) is 2.93. The Balaban J connectivity index is 1.66. The lowest BCUT2D eigenvalue weighted by molar-refractivity contribution is -0.136. The van der Waals surface area contributed by atoms with Crippen molar-refractivity contribution in [2.75, 3.05) is 6.54 Å². The third-order valence-electron chi connectivity index (χ3n) is 5.99. The van der Waals surface area contributed by atoms with Gasteiger partial charge in [-0.2, -0.15) is 0 Å². The molecule has 0 aliphatic heterocycles. The van der Waals surface area contributed by atoms with Gasteiger partial charge in [0, 0.05) is 30.4 Å². The van der Waals surface area contributed by atoms with Gasteiger partial charge in [-0.1, -0.05) is 26.7 Å². The van der Waals surface area contributed by atoms with Gasteiger partial charge in [0.2, 0.25) is 5.91 Å². The smallest absolute Gasteiger partial charge is 0.287 e. The first kappa shape index (κ1) is 22.2. The molecule has 1 saturated carbocycles. The van der Waals surface area contributed by atoms with Crippen molar-refractivity contribution in [2.24, 2.45) is 5.92 Å². The predicted octanol–water partition coefficient (Wildman–Crippen LogP) is 4.59. The topological polar surface area (TPSA) is 67.5 Å². The first-order chi connectivity index (χ1) is 14.5. The molecule has 1 atom stereocenters. The molecule has 6 heteroatoms. The molecule has 2 amide bonds. The number of nitrogens with one attached hydrogen (secondary N) is 1. The van der Waals surface area contributed by atoms with E-state index in [9.17, 15) is 9.59 Å². The fourth-order valence-corrected chi connectivity index (χ4v) is 4.06. The molecule has 1 fully saturated rings. The lowest BCUT2D eigenvalue weighted by Crippen LogP contribution is -2.36. The highest BCUT2D eigenvalue weighted by molar-refractivity contribution is 5.91. The summed E-state index contributed by atoms with van der Waals surface area (Å²) >= 11 is 0. The number of hydrogen-bond acceptors (Lipinski definition) is 3. The highest BCUT2D eigenvalue weighted by Gasteiger charge is 2.27. The molecule has 3 rings (SSSR count). The molecular weight excluding hydrogens is 378 g/mol. The minimum absolute atomic E-state index is 0.115. The van der Waals surface area contributed by atoms with Crippen molar-refractivity contribution in [3.05, 3.63) is 47.7 Å². The van der Waals surface area contributed by atoms with Gasteiger partial charge < -0.3 is 19.2 Å². The summed E-state index contributed by atoms with van der Waals surface area (Å²) in [4.78, 5) is 27.2. The Morgan fingerprint density at radius 2 is 2.00 bits per heavy atom. The molecule has 0 radical (unpaired) electrons. The van der Waals surface area contributed by atoms with Crippen LogP contribution in [0.4, 0.5) is 0 Å². The summed E-state index contributed by atoms with van der Waals surface area (Å²) < 4.78 is 7.88. The van der Waals surface area contributed by atoms with Crippen molar-refractivity contribution in [1.29, 1.82) is 0 Å². The third-order valence-corrected chi connectivity index (χ3v) is 5.99. The number of carbonyl (C=O) groups is 2. The van der Waals surface area contributed by atoms with Crippen molar-refractivity contribution >= 4 is 11.8 Å². The Morgan fingerprint density at radius 1 is 1.23 bits per heavy atom. The van der Waals surface area contributed by atoms with Gasteiger partial charge in [-0.15, -0.1) is 0 Å².